The number of nitriles is 1. The van der Waals surface area contributed by atoms with Crippen molar-refractivity contribution >= 4 is 5.97 Å². The molecule has 0 aliphatic carbocycles. The third kappa shape index (κ3) is 3.05. The third-order valence-corrected chi connectivity index (χ3v) is 1.15. The van der Waals surface area contributed by atoms with Gasteiger partial charge >= 0.3 is 5.97 Å². The zero-order chi connectivity index (χ0) is 8.15. The summed E-state index contributed by atoms with van der Waals surface area (Å²) in [6, 6.07) is 1.000. The van der Waals surface area contributed by atoms with Crippen LogP contribution in [0, 0.1) is 17.2 Å². The Kier molecular flexibility index (Phi) is 3.44. The van der Waals surface area contributed by atoms with E-state index in [9.17, 15) is 4.79 Å². The molecule has 0 heterocycles. The number of carbonyl (C=O) groups is 1. The molecule has 0 bridgehead atoms. The Bertz CT molecular complexity index is 162. The average Bonchev–Trinajstić information content (AvgIpc) is 1.87. The summed E-state index contributed by atoms with van der Waals surface area (Å²) in [5.41, 5.74) is 5.14. The quantitative estimate of drug-likeness (QED) is 0.578. The molecular formula is C6H10N2O2. The van der Waals surface area contributed by atoms with Crippen molar-refractivity contribution in [1.82, 2.24) is 0 Å². The fraction of sp³-hybridized carbons (Fsp3) is 0.667. The van der Waals surface area contributed by atoms with Crippen LogP contribution in [0.2, 0.25) is 0 Å². The highest BCUT2D eigenvalue weighted by molar-refractivity contribution is 5.73. The third-order valence-electron chi connectivity index (χ3n) is 1.15. The summed E-state index contributed by atoms with van der Waals surface area (Å²) in [6.07, 6.45) is 0.214. The minimum atomic E-state index is -1.05. The Labute approximate surface area is 59.3 Å². The first-order valence-electron chi connectivity index (χ1n) is 2.96. The van der Waals surface area contributed by atoms with Crippen LogP contribution in [0.1, 0.15) is 13.3 Å². The van der Waals surface area contributed by atoms with E-state index in [0.29, 0.717) is 0 Å². The van der Waals surface area contributed by atoms with Crippen molar-refractivity contribution < 1.29 is 9.90 Å². The maximum absolute atomic E-state index is 10.1. The van der Waals surface area contributed by atoms with Crippen molar-refractivity contribution in [2.75, 3.05) is 0 Å². The highest BCUT2D eigenvalue weighted by atomic mass is 16.4. The first-order chi connectivity index (χ1) is 4.57. The van der Waals surface area contributed by atoms with Crippen LogP contribution in [0.15, 0.2) is 0 Å². The largest absolute Gasteiger partial charge is 0.480 e. The van der Waals surface area contributed by atoms with E-state index in [2.05, 4.69) is 0 Å². The van der Waals surface area contributed by atoms with Crippen molar-refractivity contribution in [3.63, 3.8) is 0 Å². The highest BCUT2D eigenvalue weighted by Gasteiger charge is 2.14. The Morgan fingerprint density at radius 1 is 1.90 bits per heavy atom. The molecule has 0 saturated carbocycles. The van der Waals surface area contributed by atoms with E-state index in [1.54, 1.807) is 6.92 Å². The van der Waals surface area contributed by atoms with E-state index in [0.717, 1.165) is 0 Å². The van der Waals surface area contributed by atoms with Crippen molar-refractivity contribution in [2.45, 2.75) is 19.4 Å². The second-order valence-corrected chi connectivity index (χ2v) is 2.21. The van der Waals surface area contributed by atoms with Gasteiger partial charge in [-0.25, -0.2) is 0 Å². The van der Waals surface area contributed by atoms with Gasteiger partial charge in [-0.1, -0.05) is 0 Å². The molecule has 0 rings (SSSR count). The van der Waals surface area contributed by atoms with Crippen LogP contribution in [0.5, 0.6) is 0 Å². The molecule has 3 N–H and O–H groups in total. The highest BCUT2D eigenvalue weighted by Crippen LogP contribution is 2.01. The number of hydrogen-bond donors (Lipinski definition) is 2. The molecule has 0 amide bonds. The SMILES string of the molecule is C[C@@H](C#N)C[C@H](N)C(=O)O. The monoisotopic (exact) mass is 142 g/mol. The molecular weight excluding hydrogens is 132 g/mol. The molecule has 56 valence electrons. The second kappa shape index (κ2) is 3.85. The van der Waals surface area contributed by atoms with Crippen molar-refractivity contribution in [3.8, 4) is 6.07 Å². The van der Waals surface area contributed by atoms with Gasteiger partial charge in [0.05, 0.1) is 6.07 Å². The van der Waals surface area contributed by atoms with E-state index in [1.807, 2.05) is 6.07 Å². The molecule has 0 unspecified atom stereocenters. The lowest BCUT2D eigenvalue weighted by Gasteiger charge is -2.05. The summed E-state index contributed by atoms with van der Waals surface area (Å²) >= 11 is 0. The topological polar surface area (TPSA) is 87.1 Å². The minimum Gasteiger partial charge on any atom is -0.480 e. The van der Waals surface area contributed by atoms with Gasteiger partial charge in [-0.2, -0.15) is 5.26 Å². The molecule has 0 aliphatic rings. The number of carboxylic acids is 1. The first-order valence-corrected chi connectivity index (χ1v) is 2.96. The maximum atomic E-state index is 10.1. The van der Waals surface area contributed by atoms with Crippen molar-refractivity contribution in [2.24, 2.45) is 11.7 Å². The van der Waals surface area contributed by atoms with E-state index >= 15 is 0 Å². The Balaban J connectivity index is 3.70. The molecule has 0 aromatic heterocycles. The van der Waals surface area contributed by atoms with Gasteiger partial charge in [0.1, 0.15) is 6.04 Å². The molecule has 0 aliphatic heterocycles. The number of nitrogens with two attached hydrogens (primary N) is 1. The molecule has 10 heavy (non-hydrogen) atoms. The Hall–Kier alpha value is -1.08. The molecule has 0 aromatic carbocycles. The summed E-state index contributed by atoms with van der Waals surface area (Å²) < 4.78 is 0. The smallest absolute Gasteiger partial charge is 0.320 e. The van der Waals surface area contributed by atoms with Gasteiger partial charge in [0.2, 0.25) is 0 Å². The molecule has 2 atom stereocenters. The Morgan fingerprint density at radius 3 is 2.70 bits per heavy atom. The van der Waals surface area contributed by atoms with Gasteiger partial charge in [-0.05, 0) is 13.3 Å². The number of hydrogen-bond acceptors (Lipinski definition) is 3. The summed E-state index contributed by atoms with van der Waals surface area (Å²) in [6.45, 7) is 1.64. The van der Waals surface area contributed by atoms with Gasteiger partial charge in [0.15, 0.2) is 0 Å². The van der Waals surface area contributed by atoms with E-state index in [4.69, 9.17) is 16.1 Å². The number of aliphatic carboxylic acids is 1. The predicted molar refractivity (Wildman–Crippen MR) is 35.0 cm³/mol. The molecule has 0 spiro atoms. The van der Waals surface area contributed by atoms with Gasteiger partial charge in [0.25, 0.3) is 0 Å². The molecule has 0 radical (unpaired) electrons. The molecule has 0 fully saturated rings. The zero-order valence-corrected chi connectivity index (χ0v) is 5.74. The average molecular weight is 142 g/mol. The van der Waals surface area contributed by atoms with Crippen LogP contribution in [0.3, 0.4) is 0 Å². The van der Waals surface area contributed by atoms with Crippen LogP contribution in [0.25, 0.3) is 0 Å². The van der Waals surface area contributed by atoms with E-state index < -0.39 is 12.0 Å². The molecule has 0 saturated heterocycles. The van der Waals surface area contributed by atoms with Crippen molar-refractivity contribution in [1.29, 1.82) is 5.26 Å². The lowest BCUT2D eigenvalue weighted by molar-refractivity contribution is -0.138. The second-order valence-electron chi connectivity index (χ2n) is 2.21. The van der Waals surface area contributed by atoms with E-state index in [1.165, 1.54) is 0 Å². The van der Waals surface area contributed by atoms with Gasteiger partial charge in [-0.3, -0.25) is 4.79 Å². The summed E-state index contributed by atoms with van der Waals surface area (Å²) in [7, 11) is 0. The van der Waals surface area contributed by atoms with Crippen LogP contribution < -0.4 is 5.73 Å². The van der Waals surface area contributed by atoms with Gasteiger partial charge in [-0.15, -0.1) is 0 Å². The standard InChI is InChI=1S/C6H10N2O2/c1-4(3-7)2-5(8)6(9)10/h4-5H,2,8H2,1H3,(H,9,10)/t4-,5+/m1/s1. The van der Waals surface area contributed by atoms with Crippen LogP contribution in [-0.2, 0) is 4.79 Å². The maximum Gasteiger partial charge on any atom is 0.320 e. The molecule has 4 heteroatoms. The number of carboxylic acid groups (broad SMARTS) is 1. The summed E-state index contributed by atoms with van der Waals surface area (Å²) in [4.78, 5) is 10.1. The lowest BCUT2D eigenvalue weighted by atomic mass is 10.0. The van der Waals surface area contributed by atoms with Crippen molar-refractivity contribution in [3.05, 3.63) is 0 Å². The normalized spacial score (nSPS) is 15.3. The Morgan fingerprint density at radius 2 is 2.40 bits per heavy atom. The molecule has 4 nitrogen and oxygen atoms in total. The fourth-order valence-electron chi connectivity index (χ4n) is 0.534. The van der Waals surface area contributed by atoms with Gasteiger partial charge < -0.3 is 10.8 Å². The molecule has 0 aromatic rings. The lowest BCUT2D eigenvalue weighted by Crippen LogP contribution is -2.31. The van der Waals surface area contributed by atoms with Crippen LogP contribution in [-0.4, -0.2) is 17.1 Å². The number of nitrogens with zero attached hydrogens (tertiary/aromatic N) is 1. The number of rotatable bonds is 3. The fourth-order valence-corrected chi connectivity index (χ4v) is 0.534. The van der Waals surface area contributed by atoms with Gasteiger partial charge in [0, 0.05) is 5.92 Å². The summed E-state index contributed by atoms with van der Waals surface area (Å²) in [5.74, 6) is -1.34. The van der Waals surface area contributed by atoms with E-state index in [-0.39, 0.29) is 12.3 Å². The first kappa shape index (κ1) is 8.92. The van der Waals surface area contributed by atoms with Crippen LogP contribution in [0.4, 0.5) is 0 Å². The predicted octanol–water partition coefficient (Wildman–Crippen LogP) is -0.0519. The minimum absolute atomic E-state index is 0.214. The summed E-state index contributed by atoms with van der Waals surface area (Å²) in [5, 5.41) is 16.6. The van der Waals surface area contributed by atoms with Crippen LogP contribution >= 0.6 is 0 Å². The zero-order valence-electron chi connectivity index (χ0n) is 5.74.